The molecule has 0 fully saturated rings. The van der Waals surface area contributed by atoms with E-state index in [0.29, 0.717) is 0 Å². The average Bonchev–Trinajstić information content (AvgIpc) is 2.97. The van der Waals surface area contributed by atoms with Crippen LogP contribution < -0.4 is 5.73 Å². The lowest BCUT2D eigenvalue weighted by Crippen LogP contribution is -2.10. The monoisotopic (exact) mass is 801 g/mol. The summed E-state index contributed by atoms with van der Waals surface area (Å²) < 4.78 is 2.40. The Morgan fingerprint density at radius 2 is 0.830 bits per heavy atom. The smallest absolute Gasteiger partial charge is 0.0314 e. The average molecular weight is 803 g/mol. The Kier molecular flexibility index (Phi) is 13.9. The molecule has 0 aliphatic heterocycles. The highest BCUT2D eigenvalue weighted by atomic mass is 127. The van der Waals surface area contributed by atoms with Gasteiger partial charge in [-0.25, -0.2) is 0 Å². The molecule has 0 unspecified atom stereocenters. The Balaban J connectivity index is 0.000000256. The normalized spacial score (nSPS) is 11.6. The summed E-state index contributed by atoms with van der Waals surface area (Å²) in [4.78, 5) is 0. The third-order valence-corrected chi connectivity index (χ3v) is 9.18. The third-order valence-electron chi connectivity index (χ3n) is 8.01. The number of hydrogen-bond acceptors (Lipinski definition) is 1. The second kappa shape index (κ2) is 17.0. The van der Waals surface area contributed by atoms with E-state index < -0.39 is 0 Å². The summed E-state index contributed by atoms with van der Waals surface area (Å²) in [6, 6.07) is 43.4. The quantitative estimate of drug-likeness (QED) is 0.142. The molecule has 0 spiro atoms. The zero-order valence-corrected chi connectivity index (χ0v) is 33.5. The zero-order chi connectivity index (χ0) is 34.8. The summed E-state index contributed by atoms with van der Waals surface area (Å²) in [5.74, 6) is 0. The largest absolute Gasteiger partial charge is 0.399 e. The summed E-state index contributed by atoms with van der Waals surface area (Å²) >= 11 is 5.63. The van der Waals surface area contributed by atoms with E-state index in [4.69, 9.17) is 5.73 Å². The first-order valence-electron chi connectivity index (χ1n) is 16.4. The van der Waals surface area contributed by atoms with Crippen molar-refractivity contribution < 1.29 is 0 Å². The highest BCUT2D eigenvalue weighted by molar-refractivity contribution is 14.1. The molecule has 0 aliphatic carbocycles. The molecule has 0 atom stereocenters. The summed E-state index contributed by atoms with van der Waals surface area (Å²) in [6.07, 6.45) is 1.97. The van der Waals surface area contributed by atoms with E-state index in [1.165, 1.54) is 42.5 Å². The van der Waals surface area contributed by atoms with E-state index >= 15 is 0 Å². The maximum atomic E-state index is 5.57. The van der Waals surface area contributed by atoms with Gasteiger partial charge in [0.15, 0.2) is 0 Å². The van der Waals surface area contributed by atoms with Gasteiger partial charge in [-0.2, -0.15) is 0 Å². The Bertz CT molecular complexity index is 1570. The van der Waals surface area contributed by atoms with Crippen LogP contribution in [0.1, 0.15) is 101 Å². The van der Waals surface area contributed by atoms with Gasteiger partial charge in [0.1, 0.15) is 0 Å². The molecular formula is C44H53BrIN. The predicted octanol–water partition coefficient (Wildman–Crippen LogP) is 13.1. The Morgan fingerprint density at radius 3 is 1.15 bits per heavy atom. The Morgan fingerprint density at radius 1 is 0.468 bits per heavy atom. The molecule has 3 heteroatoms. The summed E-state index contributed by atoms with van der Waals surface area (Å²) in [5, 5.41) is 0. The second-order valence-corrected chi connectivity index (χ2v) is 17.5. The second-order valence-electron chi connectivity index (χ2n) is 15.4. The summed E-state index contributed by atoms with van der Waals surface area (Å²) in [6.45, 7) is 20.2. The van der Waals surface area contributed by atoms with Gasteiger partial charge in [-0.3, -0.25) is 0 Å². The molecule has 2 N–H and O–H groups in total. The zero-order valence-electron chi connectivity index (χ0n) is 29.8. The molecule has 0 radical (unpaired) electrons. The van der Waals surface area contributed by atoms with Crippen molar-refractivity contribution in [3.63, 3.8) is 0 Å². The molecule has 0 heterocycles. The fourth-order valence-corrected chi connectivity index (χ4v) is 6.38. The van der Waals surface area contributed by atoms with Crippen molar-refractivity contribution in [1.29, 1.82) is 0 Å². The van der Waals surface area contributed by atoms with Gasteiger partial charge in [-0.05, 0) is 121 Å². The van der Waals surface area contributed by atoms with Crippen LogP contribution in [0.2, 0.25) is 0 Å². The van der Waals surface area contributed by atoms with Crippen molar-refractivity contribution in [3.8, 4) is 0 Å². The minimum absolute atomic E-state index is 0.209. The van der Waals surface area contributed by atoms with Gasteiger partial charge in [-0.1, -0.05) is 169 Å². The number of hydrogen-bond donors (Lipinski definition) is 1. The molecule has 1 nitrogen and oxygen atoms in total. The third kappa shape index (κ3) is 13.6. The molecule has 47 heavy (non-hydrogen) atoms. The molecule has 0 saturated carbocycles. The predicted molar refractivity (Wildman–Crippen MR) is 219 cm³/mol. The van der Waals surface area contributed by atoms with Gasteiger partial charge in [0.2, 0.25) is 0 Å². The van der Waals surface area contributed by atoms with E-state index in [0.717, 1.165) is 23.0 Å². The number of benzene rings is 5. The fraction of sp³-hybridized carbons (Fsp3) is 0.318. The van der Waals surface area contributed by atoms with Crippen molar-refractivity contribution in [1.82, 2.24) is 0 Å². The molecule has 5 aromatic carbocycles. The van der Waals surface area contributed by atoms with E-state index in [1.54, 1.807) is 0 Å². The van der Waals surface area contributed by atoms with Crippen molar-refractivity contribution >= 4 is 44.2 Å². The molecule has 0 amide bonds. The number of halogens is 2. The first kappa shape index (κ1) is 38.6. The van der Waals surface area contributed by atoms with E-state index in [-0.39, 0.29) is 16.2 Å². The number of nitrogen functional groups attached to an aromatic ring is 1. The van der Waals surface area contributed by atoms with Crippen LogP contribution in [0.25, 0.3) is 0 Å². The number of rotatable bonds is 4. The lowest BCUT2D eigenvalue weighted by molar-refractivity contribution is 0.590. The van der Waals surface area contributed by atoms with Crippen LogP contribution in [-0.2, 0) is 29.1 Å². The molecule has 248 valence electrons. The summed E-state index contributed by atoms with van der Waals surface area (Å²) in [7, 11) is 0. The van der Waals surface area contributed by atoms with Crippen molar-refractivity contribution in [3.05, 3.63) is 168 Å². The van der Waals surface area contributed by atoms with E-state index in [1.807, 2.05) is 24.3 Å². The van der Waals surface area contributed by atoms with Gasteiger partial charge < -0.3 is 5.73 Å². The summed E-state index contributed by atoms with van der Waals surface area (Å²) in [5.41, 5.74) is 16.7. The molecule has 0 bridgehead atoms. The maximum absolute atomic E-state index is 5.57. The Labute approximate surface area is 307 Å². The van der Waals surface area contributed by atoms with Crippen molar-refractivity contribution in [2.45, 2.75) is 91.4 Å². The molecule has 0 aromatic heterocycles. The van der Waals surface area contributed by atoms with Gasteiger partial charge in [-0.15, -0.1) is 0 Å². The lowest BCUT2D eigenvalue weighted by Gasteiger charge is -2.19. The van der Waals surface area contributed by atoms with Crippen LogP contribution in [0, 0.1) is 3.57 Å². The van der Waals surface area contributed by atoms with Crippen LogP contribution in [0.3, 0.4) is 0 Å². The minimum atomic E-state index is 0.209. The highest BCUT2D eigenvalue weighted by Gasteiger charge is 2.14. The van der Waals surface area contributed by atoms with Gasteiger partial charge >= 0.3 is 0 Å². The van der Waals surface area contributed by atoms with Crippen LogP contribution >= 0.6 is 38.5 Å². The first-order chi connectivity index (χ1) is 21.9. The minimum Gasteiger partial charge on any atom is -0.399 e. The maximum Gasteiger partial charge on any atom is 0.0314 e. The molecular weight excluding hydrogens is 749 g/mol. The fourth-order valence-electron chi connectivity index (χ4n) is 5.01. The molecule has 0 aliphatic rings. The van der Waals surface area contributed by atoms with Gasteiger partial charge in [0.05, 0.1) is 0 Å². The molecule has 5 rings (SSSR count). The molecule has 0 saturated heterocycles. The van der Waals surface area contributed by atoms with Crippen LogP contribution in [0.15, 0.2) is 126 Å². The van der Waals surface area contributed by atoms with Crippen LogP contribution in [-0.4, -0.2) is 0 Å². The number of nitrogens with two attached hydrogens (primary N) is 1. The van der Waals surface area contributed by atoms with E-state index in [2.05, 4.69) is 198 Å². The van der Waals surface area contributed by atoms with Crippen LogP contribution in [0.4, 0.5) is 5.69 Å². The van der Waals surface area contributed by atoms with Gasteiger partial charge in [0, 0.05) is 13.7 Å². The van der Waals surface area contributed by atoms with E-state index in [9.17, 15) is 0 Å². The SMILES string of the molecule is Brc1cccc(I)c1.CC(C)(C)c1ccc(Cc2cccc(Cc3ccc(C(C)(C)C)cc3)c2)cc1.CC(C)(C)c1ccc(N)cc1. The van der Waals surface area contributed by atoms with Gasteiger partial charge in [0.25, 0.3) is 0 Å². The topological polar surface area (TPSA) is 26.0 Å². The molecule has 5 aromatic rings. The van der Waals surface area contributed by atoms with Crippen LogP contribution in [0.5, 0.6) is 0 Å². The van der Waals surface area contributed by atoms with Crippen molar-refractivity contribution in [2.24, 2.45) is 0 Å². The first-order valence-corrected chi connectivity index (χ1v) is 18.3. The number of anilines is 1. The standard InChI is InChI=1S/C28H34.C10H15N.C6H4BrI/c1-27(2,3)25-14-10-21(11-15-25)18-23-8-7-9-24(20-23)19-22-12-16-26(17-13-22)28(4,5)6;1-10(2,3)8-4-6-9(11)7-5-8;7-5-2-1-3-6(8)4-5/h7-17,20H,18-19H2,1-6H3;4-7H,11H2,1-3H3;1-4H. The Hall–Kier alpha value is -2.89. The highest BCUT2D eigenvalue weighted by Crippen LogP contribution is 2.25. The van der Waals surface area contributed by atoms with Crippen molar-refractivity contribution in [2.75, 3.05) is 5.73 Å². The lowest BCUT2D eigenvalue weighted by atomic mass is 9.86.